The molecule has 0 atom stereocenters. The molecule has 0 bridgehead atoms. The van der Waals surface area contributed by atoms with Crippen LogP contribution in [0.15, 0.2) is 89.3 Å². The van der Waals surface area contributed by atoms with Crippen LogP contribution in [0.5, 0.6) is 0 Å². The van der Waals surface area contributed by atoms with Gasteiger partial charge in [0.15, 0.2) is 0 Å². The number of fused-ring (bicyclic) bond motifs is 4. The molecule has 6 rings (SSSR count). The van der Waals surface area contributed by atoms with Gasteiger partial charge in [-0.1, -0.05) is 42.5 Å². The van der Waals surface area contributed by atoms with Crippen molar-refractivity contribution in [3.63, 3.8) is 0 Å². The molecule has 30 heavy (non-hydrogen) atoms. The van der Waals surface area contributed by atoms with Crippen molar-refractivity contribution in [1.82, 2.24) is 15.0 Å². The summed E-state index contributed by atoms with van der Waals surface area (Å²) in [5.41, 5.74) is 9.08. The highest BCUT2D eigenvalue weighted by Gasteiger charge is 2.13. The zero-order valence-corrected chi connectivity index (χ0v) is 16.3. The van der Waals surface area contributed by atoms with E-state index in [2.05, 4.69) is 47.4 Å². The quantitative estimate of drug-likeness (QED) is 0.337. The number of furan rings is 1. The summed E-state index contributed by atoms with van der Waals surface area (Å²) in [5.74, 6) is 0. The predicted octanol–water partition coefficient (Wildman–Crippen LogP) is 6.57. The summed E-state index contributed by atoms with van der Waals surface area (Å²) >= 11 is 0. The molecule has 3 aromatic heterocycles. The molecular weight excluding hydrogens is 370 g/mol. The molecule has 3 aromatic carbocycles. The monoisotopic (exact) mass is 387 g/mol. The molecule has 0 unspecified atom stereocenters. The van der Waals surface area contributed by atoms with Crippen LogP contribution in [0, 0.1) is 6.92 Å². The van der Waals surface area contributed by atoms with Gasteiger partial charge >= 0.3 is 0 Å². The van der Waals surface area contributed by atoms with Crippen molar-refractivity contribution in [1.29, 1.82) is 0 Å². The van der Waals surface area contributed by atoms with Crippen LogP contribution < -0.4 is 0 Å². The molecule has 0 aliphatic heterocycles. The first-order chi connectivity index (χ1) is 14.7. The van der Waals surface area contributed by atoms with Crippen LogP contribution in [-0.4, -0.2) is 15.0 Å². The fraction of sp³-hybridized carbons (Fsp3) is 0.0385. The predicted molar refractivity (Wildman–Crippen MR) is 120 cm³/mol. The van der Waals surface area contributed by atoms with E-state index < -0.39 is 0 Å². The minimum absolute atomic E-state index is 0.558. The van der Waals surface area contributed by atoms with Gasteiger partial charge in [0, 0.05) is 16.6 Å². The molecular formula is C26H17N3O. The average Bonchev–Trinajstić information content (AvgIpc) is 3.14. The van der Waals surface area contributed by atoms with Crippen molar-refractivity contribution < 1.29 is 4.42 Å². The van der Waals surface area contributed by atoms with E-state index in [9.17, 15) is 0 Å². The Morgan fingerprint density at radius 1 is 0.633 bits per heavy atom. The highest BCUT2D eigenvalue weighted by atomic mass is 16.3. The Labute approximate surface area is 172 Å². The van der Waals surface area contributed by atoms with Crippen LogP contribution in [0.4, 0.5) is 0 Å². The summed E-state index contributed by atoms with van der Waals surface area (Å²) in [6.07, 6.45) is 0. The van der Waals surface area contributed by atoms with Gasteiger partial charge in [-0.3, -0.25) is 4.98 Å². The third-order valence-electron chi connectivity index (χ3n) is 5.34. The molecule has 0 spiro atoms. The number of benzene rings is 3. The lowest BCUT2D eigenvalue weighted by molar-refractivity contribution is 0.655. The maximum absolute atomic E-state index is 5.97. The van der Waals surface area contributed by atoms with E-state index in [-0.39, 0.29) is 0 Å². The van der Waals surface area contributed by atoms with Gasteiger partial charge < -0.3 is 4.42 Å². The Hall–Kier alpha value is -4.05. The van der Waals surface area contributed by atoms with Crippen LogP contribution in [0.3, 0.4) is 0 Å². The molecule has 6 aromatic rings. The summed E-state index contributed by atoms with van der Waals surface area (Å²) in [6.45, 7) is 2.03. The summed E-state index contributed by atoms with van der Waals surface area (Å²) in [7, 11) is 0. The molecule has 0 aliphatic carbocycles. The minimum atomic E-state index is 0.558. The Bertz CT molecular complexity index is 1550. The number of nitrogens with zero attached hydrogens (tertiary/aromatic N) is 3. The molecule has 0 N–H and O–H groups in total. The first kappa shape index (κ1) is 16.9. The van der Waals surface area contributed by atoms with Gasteiger partial charge in [0.1, 0.15) is 11.1 Å². The standard InChI is InChI=1S/C26H17N3O/c1-16-13-19(17-7-3-2-4-8-17)15-23(27-16)18-11-12-24-20(14-18)25-26(30-24)29-22-10-6-5-9-21(22)28-25/h2-15H,1H3. The zero-order valence-electron chi connectivity index (χ0n) is 16.3. The van der Waals surface area contributed by atoms with E-state index in [4.69, 9.17) is 14.4 Å². The van der Waals surface area contributed by atoms with Crippen molar-refractivity contribution in [2.24, 2.45) is 0 Å². The van der Waals surface area contributed by atoms with Crippen LogP contribution in [-0.2, 0) is 0 Å². The Morgan fingerprint density at radius 3 is 2.23 bits per heavy atom. The largest absolute Gasteiger partial charge is 0.436 e. The summed E-state index contributed by atoms with van der Waals surface area (Å²) in [5, 5.41) is 0.949. The van der Waals surface area contributed by atoms with Crippen molar-refractivity contribution in [3.05, 3.63) is 90.6 Å². The second kappa shape index (κ2) is 6.49. The van der Waals surface area contributed by atoms with E-state index in [1.165, 1.54) is 5.56 Å². The number of rotatable bonds is 2. The van der Waals surface area contributed by atoms with Gasteiger partial charge in [0.05, 0.1) is 16.7 Å². The van der Waals surface area contributed by atoms with Gasteiger partial charge in [-0.2, -0.15) is 0 Å². The van der Waals surface area contributed by atoms with Gasteiger partial charge in [-0.25, -0.2) is 9.97 Å². The van der Waals surface area contributed by atoms with Crippen LogP contribution in [0.25, 0.3) is 55.6 Å². The molecule has 0 radical (unpaired) electrons. The average molecular weight is 387 g/mol. The van der Waals surface area contributed by atoms with Gasteiger partial charge in [-0.15, -0.1) is 0 Å². The lowest BCUT2D eigenvalue weighted by atomic mass is 10.0. The van der Waals surface area contributed by atoms with E-state index in [1.54, 1.807) is 0 Å². The second-order valence-electron chi connectivity index (χ2n) is 7.43. The van der Waals surface area contributed by atoms with E-state index >= 15 is 0 Å². The molecule has 0 amide bonds. The molecule has 0 saturated heterocycles. The first-order valence-electron chi connectivity index (χ1n) is 9.88. The smallest absolute Gasteiger partial charge is 0.246 e. The zero-order chi connectivity index (χ0) is 20.1. The van der Waals surface area contributed by atoms with E-state index in [0.717, 1.165) is 50.0 Å². The lowest BCUT2D eigenvalue weighted by Crippen LogP contribution is -1.90. The fourth-order valence-electron chi connectivity index (χ4n) is 3.91. The van der Waals surface area contributed by atoms with E-state index in [1.807, 2.05) is 49.4 Å². The van der Waals surface area contributed by atoms with Crippen LogP contribution in [0.2, 0.25) is 0 Å². The topological polar surface area (TPSA) is 51.8 Å². The van der Waals surface area contributed by atoms with Crippen molar-refractivity contribution in [3.8, 4) is 22.4 Å². The molecule has 0 saturated carbocycles. The van der Waals surface area contributed by atoms with E-state index in [0.29, 0.717) is 5.71 Å². The number of pyridine rings is 1. The normalized spacial score (nSPS) is 11.5. The molecule has 3 heterocycles. The van der Waals surface area contributed by atoms with Gasteiger partial charge in [0.2, 0.25) is 5.71 Å². The third kappa shape index (κ3) is 2.73. The summed E-state index contributed by atoms with van der Waals surface area (Å²) in [4.78, 5) is 14.2. The third-order valence-corrected chi connectivity index (χ3v) is 5.34. The van der Waals surface area contributed by atoms with Gasteiger partial charge in [0.25, 0.3) is 0 Å². The lowest BCUT2D eigenvalue weighted by Gasteiger charge is -2.08. The van der Waals surface area contributed by atoms with Crippen LogP contribution >= 0.6 is 0 Å². The highest BCUT2D eigenvalue weighted by molar-refractivity contribution is 6.04. The molecule has 0 aliphatic rings. The van der Waals surface area contributed by atoms with Crippen molar-refractivity contribution in [2.45, 2.75) is 6.92 Å². The number of hydrogen-bond donors (Lipinski definition) is 0. The number of aromatic nitrogens is 3. The Kier molecular flexibility index (Phi) is 3.65. The van der Waals surface area contributed by atoms with Crippen molar-refractivity contribution >= 4 is 33.2 Å². The van der Waals surface area contributed by atoms with Gasteiger partial charge in [-0.05, 0) is 60.5 Å². The number of para-hydroxylation sites is 2. The maximum atomic E-state index is 5.97. The first-order valence-corrected chi connectivity index (χ1v) is 9.88. The Balaban J connectivity index is 1.55. The highest BCUT2D eigenvalue weighted by Crippen LogP contribution is 2.32. The fourth-order valence-corrected chi connectivity index (χ4v) is 3.91. The molecule has 142 valence electrons. The second-order valence-corrected chi connectivity index (χ2v) is 7.43. The maximum Gasteiger partial charge on any atom is 0.246 e. The SMILES string of the molecule is Cc1cc(-c2ccccc2)cc(-c2ccc3oc4nc5ccccc5nc4c3c2)n1. The summed E-state index contributed by atoms with van der Waals surface area (Å²) in [6, 6.07) is 28.6. The molecule has 4 heteroatoms. The number of aryl methyl sites for hydroxylation is 1. The molecule has 4 nitrogen and oxygen atoms in total. The summed E-state index contributed by atoms with van der Waals surface area (Å²) < 4.78 is 5.97. The minimum Gasteiger partial charge on any atom is -0.436 e. The Morgan fingerprint density at radius 2 is 1.40 bits per heavy atom. The number of hydrogen-bond acceptors (Lipinski definition) is 4. The van der Waals surface area contributed by atoms with Crippen molar-refractivity contribution in [2.75, 3.05) is 0 Å². The molecule has 0 fully saturated rings. The van der Waals surface area contributed by atoms with Crippen LogP contribution in [0.1, 0.15) is 5.69 Å².